The first kappa shape index (κ1) is 15.6. The average Bonchev–Trinajstić information content (AvgIpc) is 2.89. The highest BCUT2D eigenvalue weighted by Gasteiger charge is 2.47. The fraction of sp³-hybridized carbons (Fsp3) is 0.238. The van der Waals surface area contributed by atoms with Gasteiger partial charge in [-0.15, -0.1) is 0 Å². The number of rotatable bonds is 3. The van der Waals surface area contributed by atoms with E-state index in [0.29, 0.717) is 24.3 Å². The summed E-state index contributed by atoms with van der Waals surface area (Å²) in [5.41, 5.74) is 1.78. The lowest BCUT2D eigenvalue weighted by molar-refractivity contribution is -0.122. The number of nitrogens with zero attached hydrogens (tertiary/aromatic N) is 1. The highest BCUT2D eigenvalue weighted by atomic mass is 16.5. The molecule has 2 aliphatic rings. The Bertz CT molecular complexity index is 810. The number of aryl methyl sites for hydroxylation is 1. The molecule has 1 fully saturated rings. The molecule has 4 nitrogen and oxygen atoms in total. The number of carbonyl (C=O) groups excluding carboxylic acids is 2. The minimum atomic E-state index is -0.207. The summed E-state index contributed by atoms with van der Waals surface area (Å²) in [6.45, 7) is 2.02. The van der Waals surface area contributed by atoms with E-state index in [-0.39, 0.29) is 23.7 Å². The SMILES string of the molecule is Cc1ccc(Oc2ccc(N3C(=O)[C@H]4CC=CC[C@@H]4C3=O)cc2)cc1. The van der Waals surface area contributed by atoms with Gasteiger partial charge in [-0.3, -0.25) is 14.5 Å². The summed E-state index contributed by atoms with van der Waals surface area (Å²) in [5, 5.41) is 0. The average molecular weight is 333 g/mol. The lowest BCUT2D eigenvalue weighted by Crippen LogP contribution is -2.30. The van der Waals surface area contributed by atoms with E-state index >= 15 is 0 Å². The fourth-order valence-corrected chi connectivity index (χ4v) is 3.46. The molecule has 0 spiro atoms. The summed E-state index contributed by atoms with van der Waals surface area (Å²) in [5.74, 6) is 0.828. The van der Waals surface area contributed by atoms with Gasteiger partial charge < -0.3 is 4.74 Å². The molecule has 0 aromatic heterocycles. The van der Waals surface area contributed by atoms with E-state index in [0.717, 1.165) is 5.75 Å². The zero-order valence-electron chi connectivity index (χ0n) is 14.0. The van der Waals surface area contributed by atoms with Crippen LogP contribution in [0.4, 0.5) is 5.69 Å². The van der Waals surface area contributed by atoms with E-state index in [2.05, 4.69) is 0 Å². The first-order chi connectivity index (χ1) is 12.1. The summed E-state index contributed by atoms with van der Waals surface area (Å²) in [4.78, 5) is 26.5. The molecule has 0 unspecified atom stereocenters. The van der Waals surface area contributed by atoms with Crippen molar-refractivity contribution in [2.75, 3.05) is 4.90 Å². The number of allylic oxidation sites excluding steroid dienone is 2. The Hall–Kier alpha value is -2.88. The molecule has 1 aliphatic heterocycles. The monoisotopic (exact) mass is 333 g/mol. The van der Waals surface area contributed by atoms with Crippen LogP contribution in [0.3, 0.4) is 0 Å². The van der Waals surface area contributed by atoms with Crippen molar-refractivity contribution >= 4 is 17.5 Å². The molecule has 0 N–H and O–H groups in total. The molecule has 4 heteroatoms. The van der Waals surface area contributed by atoms with Gasteiger partial charge in [-0.25, -0.2) is 0 Å². The first-order valence-electron chi connectivity index (χ1n) is 8.51. The van der Waals surface area contributed by atoms with Crippen LogP contribution in [-0.4, -0.2) is 11.8 Å². The predicted octanol–water partition coefficient (Wildman–Crippen LogP) is 4.24. The Labute approximate surface area is 146 Å². The number of hydrogen-bond acceptors (Lipinski definition) is 3. The zero-order valence-corrected chi connectivity index (χ0v) is 14.0. The molecule has 0 radical (unpaired) electrons. The molecular weight excluding hydrogens is 314 g/mol. The van der Waals surface area contributed by atoms with Crippen molar-refractivity contribution in [1.82, 2.24) is 0 Å². The molecule has 1 heterocycles. The number of ether oxygens (including phenoxy) is 1. The van der Waals surface area contributed by atoms with Gasteiger partial charge in [-0.05, 0) is 56.2 Å². The lowest BCUT2D eigenvalue weighted by atomic mass is 9.85. The third-order valence-corrected chi connectivity index (χ3v) is 4.86. The Morgan fingerprint density at radius 1 is 0.800 bits per heavy atom. The maximum atomic E-state index is 12.6. The van der Waals surface area contributed by atoms with Crippen molar-refractivity contribution in [3.05, 3.63) is 66.2 Å². The number of fused-ring (bicyclic) bond motifs is 1. The molecule has 2 aromatic carbocycles. The summed E-state index contributed by atoms with van der Waals surface area (Å²) >= 11 is 0. The van der Waals surface area contributed by atoms with Gasteiger partial charge in [0, 0.05) is 0 Å². The van der Waals surface area contributed by atoms with Gasteiger partial charge in [0.2, 0.25) is 11.8 Å². The van der Waals surface area contributed by atoms with Gasteiger partial charge in [-0.2, -0.15) is 0 Å². The molecule has 2 amide bonds. The van der Waals surface area contributed by atoms with Gasteiger partial charge >= 0.3 is 0 Å². The number of benzene rings is 2. The molecular formula is C21H19NO3. The first-order valence-corrected chi connectivity index (χ1v) is 8.51. The predicted molar refractivity (Wildman–Crippen MR) is 95.5 cm³/mol. The fourth-order valence-electron chi connectivity index (χ4n) is 3.46. The van der Waals surface area contributed by atoms with Gasteiger partial charge in [0.15, 0.2) is 0 Å². The van der Waals surface area contributed by atoms with Crippen molar-refractivity contribution in [2.24, 2.45) is 11.8 Å². The van der Waals surface area contributed by atoms with Crippen LogP contribution >= 0.6 is 0 Å². The minimum Gasteiger partial charge on any atom is -0.457 e. The van der Waals surface area contributed by atoms with Gasteiger partial charge in [0.05, 0.1) is 17.5 Å². The van der Waals surface area contributed by atoms with Crippen molar-refractivity contribution in [2.45, 2.75) is 19.8 Å². The smallest absolute Gasteiger partial charge is 0.238 e. The van der Waals surface area contributed by atoms with Crippen LogP contribution in [0.25, 0.3) is 0 Å². The molecule has 0 saturated carbocycles. The van der Waals surface area contributed by atoms with Crippen LogP contribution in [0, 0.1) is 18.8 Å². The van der Waals surface area contributed by atoms with Crippen LogP contribution in [0.1, 0.15) is 18.4 Å². The normalized spacial score (nSPS) is 22.2. The lowest BCUT2D eigenvalue weighted by Gasteiger charge is -2.15. The van der Waals surface area contributed by atoms with E-state index in [1.165, 1.54) is 10.5 Å². The van der Waals surface area contributed by atoms with Crippen molar-refractivity contribution in [3.8, 4) is 11.5 Å². The second-order valence-corrected chi connectivity index (χ2v) is 6.58. The molecule has 1 aliphatic carbocycles. The van der Waals surface area contributed by atoms with Crippen LogP contribution < -0.4 is 9.64 Å². The highest BCUT2D eigenvalue weighted by Crippen LogP contribution is 2.38. The second kappa shape index (κ2) is 6.20. The van der Waals surface area contributed by atoms with E-state index in [1.807, 2.05) is 43.3 Å². The van der Waals surface area contributed by atoms with Crippen LogP contribution in [-0.2, 0) is 9.59 Å². The third kappa shape index (κ3) is 2.84. The molecule has 1 saturated heterocycles. The highest BCUT2D eigenvalue weighted by molar-refractivity contribution is 6.22. The second-order valence-electron chi connectivity index (χ2n) is 6.58. The zero-order chi connectivity index (χ0) is 17.4. The molecule has 0 bridgehead atoms. The maximum Gasteiger partial charge on any atom is 0.238 e. The van der Waals surface area contributed by atoms with Crippen LogP contribution in [0.5, 0.6) is 11.5 Å². The van der Waals surface area contributed by atoms with Gasteiger partial charge in [0.1, 0.15) is 11.5 Å². The topological polar surface area (TPSA) is 46.6 Å². The largest absolute Gasteiger partial charge is 0.457 e. The van der Waals surface area contributed by atoms with Gasteiger partial charge in [0.25, 0.3) is 0 Å². The summed E-state index contributed by atoms with van der Waals surface area (Å²) in [6.07, 6.45) is 5.30. The van der Waals surface area contributed by atoms with Gasteiger partial charge in [-0.1, -0.05) is 29.8 Å². The molecule has 2 aromatic rings. The standard InChI is InChI=1S/C21H19NO3/c1-14-6-10-16(11-7-14)25-17-12-8-15(9-13-17)22-20(23)18-4-2-3-5-19(18)21(22)24/h2-3,6-13,18-19H,4-5H2,1H3/t18-,19-/m0/s1. The number of anilines is 1. The maximum absolute atomic E-state index is 12.6. The Morgan fingerprint density at radius 2 is 1.28 bits per heavy atom. The van der Waals surface area contributed by atoms with E-state index in [9.17, 15) is 9.59 Å². The van der Waals surface area contributed by atoms with Crippen molar-refractivity contribution < 1.29 is 14.3 Å². The number of carbonyl (C=O) groups is 2. The quantitative estimate of drug-likeness (QED) is 0.623. The molecule has 126 valence electrons. The summed E-state index contributed by atoms with van der Waals surface area (Å²) < 4.78 is 5.80. The Balaban J connectivity index is 1.53. The summed E-state index contributed by atoms with van der Waals surface area (Å²) in [7, 11) is 0. The van der Waals surface area contributed by atoms with Crippen LogP contribution in [0.2, 0.25) is 0 Å². The van der Waals surface area contributed by atoms with E-state index < -0.39 is 0 Å². The van der Waals surface area contributed by atoms with E-state index in [1.54, 1.807) is 24.3 Å². The summed E-state index contributed by atoms with van der Waals surface area (Å²) in [6, 6.07) is 14.9. The van der Waals surface area contributed by atoms with E-state index in [4.69, 9.17) is 4.74 Å². The molecule has 25 heavy (non-hydrogen) atoms. The molecule has 4 rings (SSSR count). The van der Waals surface area contributed by atoms with Crippen molar-refractivity contribution in [1.29, 1.82) is 0 Å². The molecule has 2 atom stereocenters. The number of hydrogen-bond donors (Lipinski definition) is 0. The number of amides is 2. The Morgan fingerprint density at radius 3 is 1.80 bits per heavy atom. The Kier molecular flexibility index (Phi) is 3.88. The van der Waals surface area contributed by atoms with Crippen LogP contribution in [0.15, 0.2) is 60.7 Å². The number of imide groups is 1. The minimum absolute atomic E-state index is 0.0912. The van der Waals surface area contributed by atoms with Crippen molar-refractivity contribution in [3.63, 3.8) is 0 Å². The third-order valence-electron chi connectivity index (χ3n) is 4.86.